The third-order valence-corrected chi connectivity index (χ3v) is 5.94. The Morgan fingerprint density at radius 1 is 1.07 bits per heavy atom. The van der Waals surface area contributed by atoms with Crippen LogP contribution in [0.4, 0.5) is 0 Å². The second kappa shape index (κ2) is 10.2. The molecular formula is C24H46O4. The van der Waals surface area contributed by atoms with Gasteiger partial charge in [-0.1, -0.05) is 60.6 Å². The van der Waals surface area contributed by atoms with Gasteiger partial charge in [0.05, 0.1) is 29.8 Å². The zero-order valence-corrected chi connectivity index (χ0v) is 20.3. The molecule has 28 heavy (non-hydrogen) atoms. The molecule has 3 atom stereocenters. The van der Waals surface area contributed by atoms with Gasteiger partial charge in [0, 0.05) is 5.92 Å². The fourth-order valence-corrected chi connectivity index (χ4v) is 3.49. The van der Waals surface area contributed by atoms with E-state index in [1.54, 1.807) is 0 Å². The predicted octanol–water partition coefficient (Wildman–Crippen LogP) is 5.78. The maximum absolute atomic E-state index is 13.2. The summed E-state index contributed by atoms with van der Waals surface area (Å²) in [5.41, 5.74) is -1.76. The third-order valence-electron chi connectivity index (χ3n) is 5.94. The maximum Gasteiger partial charge on any atom is 0.316 e. The van der Waals surface area contributed by atoms with Gasteiger partial charge in [-0.15, -0.1) is 0 Å². The average molecular weight is 399 g/mol. The fourth-order valence-electron chi connectivity index (χ4n) is 3.49. The highest BCUT2D eigenvalue weighted by Gasteiger charge is 2.44. The molecule has 0 aliphatic rings. The molecule has 0 rings (SSSR count). The van der Waals surface area contributed by atoms with Gasteiger partial charge in [0.15, 0.2) is 0 Å². The first-order valence-corrected chi connectivity index (χ1v) is 10.7. The minimum atomic E-state index is -0.638. The number of ether oxygens (including phenoxy) is 2. The highest BCUT2D eigenvalue weighted by atomic mass is 16.5. The minimum absolute atomic E-state index is 0.000856. The fraction of sp³-hybridized carbons (Fsp3) is 0.875. The molecule has 0 aromatic heterocycles. The number of hydrogen-bond donors (Lipinski definition) is 1. The number of aliphatic hydroxyl groups excluding tert-OH is 1. The van der Waals surface area contributed by atoms with Crippen molar-refractivity contribution in [2.45, 2.75) is 100 Å². The van der Waals surface area contributed by atoms with Crippen LogP contribution in [0, 0.1) is 22.7 Å². The number of carbonyl (C=O) groups excluding carboxylic acids is 1. The predicted molar refractivity (Wildman–Crippen MR) is 117 cm³/mol. The normalized spacial score (nSPS) is 18.8. The molecule has 0 radical (unpaired) electrons. The Kier molecular flexibility index (Phi) is 9.93. The summed E-state index contributed by atoms with van der Waals surface area (Å²) in [5.74, 6) is -0.0506. The van der Waals surface area contributed by atoms with Crippen LogP contribution < -0.4 is 0 Å². The Morgan fingerprint density at radius 3 is 1.96 bits per heavy atom. The number of aliphatic hydroxyl groups is 1. The minimum Gasteiger partial charge on any atom is -0.465 e. The summed E-state index contributed by atoms with van der Waals surface area (Å²) in [6.07, 6.45) is 5.41. The van der Waals surface area contributed by atoms with Crippen molar-refractivity contribution in [1.29, 1.82) is 0 Å². The second-order valence-corrected chi connectivity index (χ2v) is 10.6. The number of allylic oxidation sites excluding steroid dienone is 1. The van der Waals surface area contributed by atoms with E-state index >= 15 is 0 Å². The Labute approximate surface area is 174 Å². The zero-order chi connectivity index (χ0) is 22.4. The van der Waals surface area contributed by atoms with Crippen LogP contribution in [0.25, 0.3) is 0 Å². The first-order valence-electron chi connectivity index (χ1n) is 10.7. The molecule has 0 heterocycles. The SMILES string of the molecule is CC=CC(CC(C)(C)C)(C(=O)OCC(C)C(C)(C)OC(C)(CC)CO)C(C)C. The van der Waals surface area contributed by atoms with Crippen molar-refractivity contribution >= 4 is 5.97 Å². The van der Waals surface area contributed by atoms with Crippen molar-refractivity contribution in [3.05, 3.63) is 12.2 Å². The van der Waals surface area contributed by atoms with E-state index in [9.17, 15) is 9.90 Å². The molecule has 3 unspecified atom stereocenters. The standard InChI is InChI=1S/C24H46O4/c1-12-14-24(18(3)4,16-21(6,7)8)20(26)27-15-19(5)22(9,10)28-23(11,13-2)17-25/h12,14,18-19,25H,13,15-17H2,1-11H3. The van der Waals surface area contributed by atoms with Crippen LogP contribution in [0.1, 0.15) is 89.0 Å². The number of esters is 1. The van der Waals surface area contributed by atoms with Gasteiger partial charge in [-0.25, -0.2) is 0 Å². The molecule has 0 amide bonds. The maximum atomic E-state index is 13.2. The number of hydrogen-bond acceptors (Lipinski definition) is 4. The van der Waals surface area contributed by atoms with Gasteiger partial charge < -0.3 is 14.6 Å². The summed E-state index contributed by atoms with van der Waals surface area (Å²) in [7, 11) is 0. The lowest BCUT2D eigenvalue weighted by Crippen LogP contribution is -2.47. The molecule has 0 aliphatic heterocycles. The van der Waals surface area contributed by atoms with Crippen molar-refractivity contribution < 1.29 is 19.4 Å². The molecule has 0 aliphatic carbocycles. The van der Waals surface area contributed by atoms with E-state index in [0.717, 1.165) is 6.42 Å². The van der Waals surface area contributed by atoms with E-state index in [-0.39, 0.29) is 36.4 Å². The summed E-state index contributed by atoms with van der Waals surface area (Å²) >= 11 is 0. The summed E-state index contributed by atoms with van der Waals surface area (Å²) < 4.78 is 12.1. The summed E-state index contributed by atoms with van der Waals surface area (Å²) in [5, 5.41) is 9.67. The molecule has 0 spiro atoms. The molecule has 4 nitrogen and oxygen atoms in total. The zero-order valence-electron chi connectivity index (χ0n) is 20.3. The lowest BCUT2D eigenvalue weighted by atomic mass is 9.67. The van der Waals surface area contributed by atoms with Gasteiger partial charge in [-0.3, -0.25) is 4.79 Å². The topological polar surface area (TPSA) is 55.8 Å². The van der Waals surface area contributed by atoms with Crippen molar-refractivity contribution in [3.8, 4) is 0 Å². The van der Waals surface area contributed by atoms with Crippen LogP contribution in [-0.4, -0.2) is 35.5 Å². The van der Waals surface area contributed by atoms with Gasteiger partial charge in [-0.2, -0.15) is 0 Å². The molecule has 0 fully saturated rings. The second-order valence-electron chi connectivity index (χ2n) is 10.6. The van der Waals surface area contributed by atoms with Gasteiger partial charge in [0.2, 0.25) is 0 Å². The molecule has 0 saturated carbocycles. The molecule has 0 aromatic rings. The van der Waals surface area contributed by atoms with Gasteiger partial charge in [0.25, 0.3) is 0 Å². The summed E-state index contributed by atoms with van der Waals surface area (Å²) in [4.78, 5) is 13.2. The molecule has 0 saturated heterocycles. The Morgan fingerprint density at radius 2 is 1.61 bits per heavy atom. The lowest BCUT2D eigenvalue weighted by molar-refractivity contribution is -0.185. The van der Waals surface area contributed by atoms with Crippen molar-refractivity contribution in [2.75, 3.05) is 13.2 Å². The first-order chi connectivity index (χ1) is 12.6. The van der Waals surface area contributed by atoms with Crippen molar-refractivity contribution in [3.63, 3.8) is 0 Å². The molecule has 166 valence electrons. The van der Waals surface area contributed by atoms with Crippen LogP contribution in [-0.2, 0) is 14.3 Å². The quantitative estimate of drug-likeness (QED) is 0.354. The largest absolute Gasteiger partial charge is 0.465 e. The molecule has 1 N–H and O–H groups in total. The molecular weight excluding hydrogens is 352 g/mol. The summed E-state index contributed by atoms with van der Waals surface area (Å²) in [6, 6.07) is 0. The third kappa shape index (κ3) is 7.51. The first kappa shape index (κ1) is 27.1. The number of rotatable bonds is 11. The highest BCUT2D eigenvalue weighted by molar-refractivity contribution is 5.79. The average Bonchev–Trinajstić information content (AvgIpc) is 2.56. The van der Waals surface area contributed by atoms with Crippen LogP contribution in [0.15, 0.2) is 12.2 Å². The molecule has 4 heteroatoms. The van der Waals surface area contributed by atoms with E-state index in [1.807, 2.05) is 53.7 Å². The van der Waals surface area contributed by atoms with Crippen molar-refractivity contribution in [1.82, 2.24) is 0 Å². The van der Waals surface area contributed by atoms with E-state index in [2.05, 4.69) is 34.6 Å². The van der Waals surface area contributed by atoms with Crippen molar-refractivity contribution in [2.24, 2.45) is 22.7 Å². The van der Waals surface area contributed by atoms with Gasteiger partial charge in [0.1, 0.15) is 0 Å². The van der Waals surface area contributed by atoms with E-state index in [4.69, 9.17) is 9.47 Å². The van der Waals surface area contributed by atoms with E-state index in [0.29, 0.717) is 6.42 Å². The van der Waals surface area contributed by atoms with Gasteiger partial charge >= 0.3 is 5.97 Å². The molecule has 0 aromatic carbocycles. The van der Waals surface area contributed by atoms with Crippen LogP contribution in [0.5, 0.6) is 0 Å². The highest BCUT2D eigenvalue weighted by Crippen LogP contribution is 2.42. The smallest absolute Gasteiger partial charge is 0.316 e. The van der Waals surface area contributed by atoms with Gasteiger partial charge in [-0.05, 0) is 51.9 Å². The van der Waals surface area contributed by atoms with Crippen LogP contribution >= 0.6 is 0 Å². The van der Waals surface area contributed by atoms with Crippen LogP contribution in [0.3, 0.4) is 0 Å². The van der Waals surface area contributed by atoms with E-state index in [1.165, 1.54) is 0 Å². The summed E-state index contributed by atoms with van der Waals surface area (Å²) in [6.45, 7) is 22.7. The monoisotopic (exact) mass is 398 g/mol. The van der Waals surface area contributed by atoms with E-state index < -0.39 is 16.6 Å². The Balaban J connectivity index is 5.39. The number of carbonyl (C=O) groups is 1. The Bertz CT molecular complexity index is 509. The Hall–Kier alpha value is -0.870. The molecule has 0 bridgehead atoms. The van der Waals surface area contributed by atoms with Crippen LogP contribution in [0.2, 0.25) is 0 Å². The lowest BCUT2D eigenvalue weighted by Gasteiger charge is -2.41.